The molecule has 2 N–H and O–H groups in total. The summed E-state index contributed by atoms with van der Waals surface area (Å²) in [5.41, 5.74) is 8.77. The van der Waals surface area contributed by atoms with Gasteiger partial charge in [0.2, 0.25) is 0 Å². The topological polar surface area (TPSA) is 69.6 Å². The Morgan fingerprint density at radius 1 is 1.24 bits per heavy atom. The summed E-state index contributed by atoms with van der Waals surface area (Å²) in [6.45, 7) is 7.00. The molecule has 2 rings (SSSR count). The number of hydrogen-bond acceptors (Lipinski definition) is 4. The van der Waals surface area contributed by atoms with Crippen LogP contribution >= 0.6 is 0 Å². The molecular formula is C12H17N5. The van der Waals surface area contributed by atoms with E-state index in [4.69, 9.17) is 5.73 Å². The molecule has 0 radical (unpaired) electrons. The molecule has 0 amide bonds. The second kappa shape index (κ2) is 4.53. The quantitative estimate of drug-likeness (QED) is 0.868. The average Bonchev–Trinajstić information content (AvgIpc) is 2.77. The van der Waals surface area contributed by atoms with E-state index in [-0.39, 0.29) is 0 Å². The van der Waals surface area contributed by atoms with Crippen LogP contribution in [0, 0.1) is 13.8 Å². The molecule has 2 heterocycles. The van der Waals surface area contributed by atoms with Crippen molar-refractivity contribution in [1.29, 1.82) is 0 Å². The van der Waals surface area contributed by atoms with Gasteiger partial charge in [-0.3, -0.25) is 0 Å². The SMILES string of the molecule is CCn1ccnc1Cc1nnc(N)c(C)c1C. The summed E-state index contributed by atoms with van der Waals surface area (Å²) in [6, 6.07) is 0. The van der Waals surface area contributed by atoms with E-state index in [1.54, 1.807) is 0 Å². The number of hydrogen-bond donors (Lipinski definition) is 1. The third-order valence-corrected chi connectivity index (χ3v) is 3.13. The average molecular weight is 231 g/mol. The number of aryl methyl sites for hydroxylation is 1. The van der Waals surface area contributed by atoms with Crippen LogP contribution in [-0.2, 0) is 13.0 Å². The van der Waals surface area contributed by atoms with Crippen LogP contribution in [0.2, 0.25) is 0 Å². The molecule has 5 heteroatoms. The van der Waals surface area contributed by atoms with Gasteiger partial charge in [-0.05, 0) is 31.9 Å². The smallest absolute Gasteiger partial charge is 0.149 e. The van der Waals surface area contributed by atoms with Crippen LogP contribution in [0.4, 0.5) is 5.82 Å². The fourth-order valence-electron chi connectivity index (χ4n) is 1.79. The number of aromatic nitrogens is 4. The van der Waals surface area contributed by atoms with E-state index in [1.807, 2.05) is 26.2 Å². The maximum absolute atomic E-state index is 5.72. The molecule has 0 atom stereocenters. The lowest BCUT2D eigenvalue weighted by Crippen LogP contribution is -2.08. The fourth-order valence-corrected chi connectivity index (χ4v) is 1.79. The van der Waals surface area contributed by atoms with E-state index in [9.17, 15) is 0 Å². The van der Waals surface area contributed by atoms with Gasteiger partial charge < -0.3 is 10.3 Å². The monoisotopic (exact) mass is 231 g/mol. The number of nitrogens with zero attached hydrogens (tertiary/aromatic N) is 4. The summed E-state index contributed by atoms with van der Waals surface area (Å²) in [5, 5.41) is 8.13. The Bertz CT molecular complexity index is 530. The van der Waals surface area contributed by atoms with Crippen molar-refractivity contribution in [2.24, 2.45) is 0 Å². The van der Waals surface area contributed by atoms with Crippen LogP contribution < -0.4 is 5.73 Å². The van der Waals surface area contributed by atoms with E-state index in [0.29, 0.717) is 12.2 Å². The lowest BCUT2D eigenvalue weighted by atomic mass is 10.1. The first-order valence-electron chi connectivity index (χ1n) is 5.71. The summed E-state index contributed by atoms with van der Waals surface area (Å²) < 4.78 is 2.10. The Labute approximate surface area is 101 Å². The molecule has 90 valence electrons. The van der Waals surface area contributed by atoms with Gasteiger partial charge in [0.25, 0.3) is 0 Å². The zero-order valence-electron chi connectivity index (χ0n) is 10.4. The predicted molar refractivity (Wildman–Crippen MR) is 66.6 cm³/mol. The number of nitrogens with two attached hydrogens (primary N) is 1. The van der Waals surface area contributed by atoms with Gasteiger partial charge in [-0.25, -0.2) is 4.98 Å². The minimum atomic E-state index is 0.505. The van der Waals surface area contributed by atoms with Gasteiger partial charge in [0.1, 0.15) is 11.6 Å². The fraction of sp³-hybridized carbons (Fsp3) is 0.417. The molecule has 5 nitrogen and oxygen atoms in total. The maximum Gasteiger partial charge on any atom is 0.149 e. The first kappa shape index (κ1) is 11.6. The van der Waals surface area contributed by atoms with Gasteiger partial charge in [0.05, 0.1) is 12.1 Å². The Hall–Kier alpha value is -1.91. The molecular weight excluding hydrogens is 214 g/mol. The number of anilines is 1. The molecule has 0 bridgehead atoms. The van der Waals surface area contributed by atoms with Crippen molar-refractivity contribution >= 4 is 5.82 Å². The zero-order valence-corrected chi connectivity index (χ0v) is 10.4. The lowest BCUT2D eigenvalue weighted by Gasteiger charge is -2.09. The first-order chi connectivity index (χ1) is 8.13. The molecule has 0 fully saturated rings. The van der Waals surface area contributed by atoms with Crippen LogP contribution in [0.3, 0.4) is 0 Å². The standard InChI is InChI=1S/C12H17N5/c1-4-17-6-5-14-11(17)7-10-8(2)9(3)12(13)16-15-10/h5-6H,4,7H2,1-3H3,(H2,13,16). The molecule has 17 heavy (non-hydrogen) atoms. The highest BCUT2D eigenvalue weighted by Crippen LogP contribution is 2.16. The number of nitrogen functional groups attached to an aromatic ring is 1. The van der Waals surface area contributed by atoms with E-state index in [2.05, 4.69) is 26.7 Å². The van der Waals surface area contributed by atoms with E-state index >= 15 is 0 Å². The second-order valence-electron chi connectivity index (χ2n) is 4.09. The summed E-state index contributed by atoms with van der Waals surface area (Å²) in [6.07, 6.45) is 4.48. The van der Waals surface area contributed by atoms with Gasteiger partial charge >= 0.3 is 0 Å². The summed E-state index contributed by atoms with van der Waals surface area (Å²) >= 11 is 0. The molecule has 0 saturated heterocycles. The van der Waals surface area contributed by atoms with Crippen LogP contribution in [0.5, 0.6) is 0 Å². The van der Waals surface area contributed by atoms with Crippen molar-refractivity contribution in [1.82, 2.24) is 19.7 Å². The van der Waals surface area contributed by atoms with Crippen molar-refractivity contribution < 1.29 is 0 Å². The van der Waals surface area contributed by atoms with Crippen molar-refractivity contribution in [3.63, 3.8) is 0 Å². The number of rotatable bonds is 3. The van der Waals surface area contributed by atoms with Crippen LogP contribution in [0.25, 0.3) is 0 Å². The van der Waals surface area contributed by atoms with Crippen LogP contribution in [0.1, 0.15) is 29.6 Å². The Kier molecular flexibility index (Phi) is 3.08. The van der Waals surface area contributed by atoms with Gasteiger partial charge in [-0.15, -0.1) is 5.10 Å². The van der Waals surface area contributed by atoms with Gasteiger partial charge in [0, 0.05) is 18.9 Å². The number of imidazole rings is 1. The van der Waals surface area contributed by atoms with Crippen molar-refractivity contribution in [3.05, 3.63) is 35.0 Å². The van der Waals surface area contributed by atoms with Gasteiger partial charge in [-0.2, -0.15) is 5.10 Å². The summed E-state index contributed by atoms with van der Waals surface area (Å²) in [7, 11) is 0. The highest BCUT2D eigenvalue weighted by molar-refractivity contribution is 5.43. The Morgan fingerprint density at radius 2 is 2.00 bits per heavy atom. The van der Waals surface area contributed by atoms with E-state index in [0.717, 1.165) is 29.2 Å². The molecule has 0 aliphatic heterocycles. The minimum Gasteiger partial charge on any atom is -0.382 e. The Balaban J connectivity index is 2.34. The third-order valence-electron chi connectivity index (χ3n) is 3.13. The molecule has 0 aliphatic rings. The molecule has 0 saturated carbocycles. The summed E-state index contributed by atoms with van der Waals surface area (Å²) in [4.78, 5) is 4.34. The first-order valence-corrected chi connectivity index (χ1v) is 5.71. The van der Waals surface area contributed by atoms with Gasteiger partial charge in [0.15, 0.2) is 0 Å². The van der Waals surface area contributed by atoms with E-state index < -0.39 is 0 Å². The highest BCUT2D eigenvalue weighted by Gasteiger charge is 2.10. The second-order valence-corrected chi connectivity index (χ2v) is 4.09. The molecule has 0 spiro atoms. The molecule has 2 aromatic heterocycles. The van der Waals surface area contributed by atoms with Crippen molar-refractivity contribution in [3.8, 4) is 0 Å². The maximum atomic E-state index is 5.72. The van der Waals surface area contributed by atoms with Crippen LogP contribution in [0.15, 0.2) is 12.4 Å². The minimum absolute atomic E-state index is 0.505. The zero-order chi connectivity index (χ0) is 12.4. The highest BCUT2D eigenvalue weighted by atomic mass is 15.1. The largest absolute Gasteiger partial charge is 0.382 e. The molecule has 0 aromatic carbocycles. The normalized spacial score (nSPS) is 10.8. The molecule has 2 aromatic rings. The Morgan fingerprint density at radius 3 is 2.71 bits per heavy atom. The van der Waals surface area contributed by atoms with E-state index in [1.165, 1.54) is 0 Å². The van der Waals surface area contributed by atoms with Gasteiger partial charge in [-0.1, -0.05) is 0 Å². The molecule has 0 unspecified atom stereocenters. The third kappa shape index (κ3) is 2.13. The van der Waals surface area contributed by atoms with Crippen molar-refractivity contribution in [2.45, 2.75) is 33.7 Å². The predicted octanol–water partition coefficient (Wildman–Crippen LogP) is 1.48. The van der Waals surface area contributed by atoms with Crippen molar-refractivity contribution in [2.75, 3.05) is 5.73 Å². The summed E-state index contributed by atoms with van der Waals surface area (Å²) in [5.74, 6) is 1.51. The lowest BCUT2D eigenvalue weighted by molar-refractivity contribution is 0.703. The molecule has 0 aliphatic carbocycles. The van der Waals surface area contributed by atoms with Crippen LogP contribution in [-0.4, -0.2) is 19.7 Å².